The maximum Gasteiger partial charge on any atom is 0.335 e. The molecule has 0 radical (unpaired) electrons. The average molecular weight is 273 g/mol. The van der Waals surface area contributed by atoms with Crippen LogP contribution in [0.25, 0.3) is 11.1 Å². The van der Waals surface area contributed by atoms with Gasteiger partial charge in [-0.3, -0.25) is 0 Å². The quantitative estimate of drug-likeness (QED) is 0.896. The molecule has 20 heavy (non-hydrogen) atoms. The van der Waals surface area contributed by atoms with Crippen LogP contribution < -0.4 is 5.32 Å². The predicted molar refractivity (Wildman–Crippen MR) is 76.3 cm³/mol. The van der Waals surface area contributed by atoms with Gasteiger partial charge in [0, 0.05) is 11.6 Å². The smallest absolute Gasteiger partial charge is 0.335 e. The monoisotopic (exact) mass is 273 g/mol. The van der Waals surface area contributed by atoms with Gasteiger partial charge in [-0.1, -0.05) is 18.2 Å². The lowest BCUT2D eigenvalue weighted by Crippen LogP contribution is -2.12. The van der Waals surface area contributed by atoms with Gasteiger partial charge in [0.1, 0.15) is 5.82 Å². The van der Waals surface area contributed by atoms with E-state index in [9.17, 15) is 9.18 Å². The average Bonchev–Trinajstić information content (AvgIpc) is 2.47. The minimum Gasteiger partial charge on any atom is -0.478 e. The molecule has 1 unspecified atom stereocenters. The molecule has 104 valence electrons. The molecule has 2 aromatic rings. The largest absolute Gasteiger partial charge is 0.478 e. The van der Waals surface area contributed by atoms with Crippen LogP contribution in [0.5, 0.6) is 0 Å². The molecule has 0 amide bonds. The Balaban J connectivity index is 2.51. The lowest BCUT2D eigenvalue weighted by atomic mass is 9.98. The summed E-state index contributed by atoms with van der Waals surface area (Å²) in [6.07, 6.45) is 0. The zero-order valence-corrected chi connectivity index (χ0v) is 11.4. The van der Waals surface area contributed by atoms with Crippen molar-refractivity contribution < 1.29 is 14.3 Å². The van der Waals surface area contributed by atoms with Crippen LogP contribution in [-0.2, 0) is 0 Å². The van der Waals surface area contributed by atoms with Gasteiger partial charge in [0.05, 0.1) is 5.56 Å². The maximum atomic E-state index is 14.0. The molecule has 4 heteroatoms. The molecule has 2 aromatic carbocycles. The molecule has 0 heterocycles. The van der Waals surface area contributed by atoms with E-state index in [0.717, 1.165) is 5.56 Å². The van der Waals surface area contributed by atoms with Gasteiger partial charge in [-0.15, -0.1) is 0 Å². The SMILES string of the molecule is CNC(C)c1ccc(F)c(-c2cccc(C(=O)O)c2)c1. The molecular formula is C16H16FNO2. The van der Waals surface area contributed by atoms with Gasteiger partial charge in [-0.05, 0) is 49.4 Å². The Kier molecular flexibility index (Phi) is 4.15. The summed E-state index contributed by atoms with van der Waals surface area (Å²) >= 11 is 0. The number of aromatic carboxylic acids is 1. The summed E-state index contributed by atoms with van der Waals surface area (Å²) in [4.78, 5) is 11.0. The Morgan fingerprint density at radius 1 is 1.25 bits per heavy atom. The number of benzene rings is 2. The molecule has 0 aromatic heterocycles. The molecule has 0 saturated carbocycles. The van der Waals surface area contributed by atoms with E-state index in [4.69, 9.17) is 5.11 Å². The van der Waals surface area contributed by atoms with Gasteiger partial charge in [0.15, 0.2) is 0 Å². The van der Waals surface area contributed by atoms with Crippen LogP contribution in [0.15, 0.2) is 42.5 Å². The number of carbonyl (C=O) groups is 1. The van der Waals surface area contributed by atoms with E-state index in [2.05, 4.69) is 5.32 Å². The first kappa shape index (κ1) is 14.2. The van der Waals surface area contributed by atoms with Crippen LogP contribution in [0.1, 0.15) is 28.9 Å². The summed E-state index contributed by atoms with van der Waals surface area (Å²) in [5, 5.41) is 12.1. The first-order chi connectivity index (χ1) is 9.52. The third kappa shape index (κ3) is 2.86. The minimum atomic E-state index is -1.02. The molecule has 0 aliphatic rings. The third-order valence-electron chi connectivity index (χ3n) is 3.34. The van der Waals surface area contributed by atoms with Gasteiger partial charge in [-0.2, -0.15) is 0 Å². The Morgan fingerprint density at radius 3 is 2.65 bits per heavy atom. The molecular weight excluding hydrogens is 257 g/mol. The number of carboxylic acid groups (broad SMARTS) is 1. The number of carboxylic acids is 1. The lowest BCUT2D eigenvalue weighted by molar-refractivity contribution is 0.0697. The fraction of sp³-hybridized carbons (Fsp3) is 0.188. The van der Waals surface area contributed by atoms with Gasteiger partial charge in [-0.25, -0.2) is 9.18 Å². The first-order valence-corrected chi connectivity index (χ1v) is 6.33. The van der Waals surface area contributed by atoms with Crippen LogP contribution in [0.3, 0.4) is 0 Å². The summed E-state index contributed by atoms with van der Waals surface area (Å²) < 4.78 is 14.0. The summed E-state index contributed by atoms with van der Waals surface area (Å²) in [5.41, 5.74) is 2.07. The minimum absolute atomic E-state index is 0.0945. The molecule has 2 rings (SSSR count). The van der Waals surface area contributed by atoms with Crippen molar-refractivity contribution in [3.05, 3.63) is 59.4 Å². The van der Waals surface area contributed by atoms with E-state index in [1.165, 1.54) is 18.2 Å². The number of nitrogens with one attached hydrogen (secondary N) is 1. The molecule has 0 spiro atoms. The second-order valence-corrected chi connectivity index (χ2v) is 4.64. The Morgan fingerprint density at radius 2 is 2.00 bits per heavy atom. The van der Waals surface area contributed by atoms with Crippen molar-refractivity contribution in [3.63, 3.8) is 0 Å². The molecule has 0 aliphatic heterocycles. The third-order valence-corrected chi connectivity index (χ3v) is 3.34. The number of hydrogen-bond donors (Lipinski definition) is 2. The first-order valence-electron chi connectivity index (χ1n) is 6.33. The summed E-state index contributed by atoms with van der Waals surface area (Å²) in [6.45, 7) is 1.98. The van der Waals surface area contributed by atoms with Crippen LogP contribution in [-0.4, -0.2) is 18.1 Å². The molecule has 3 nitrogen and oxygen atoms in total. The van der Waals surface area contributed by atoms with Crippen LogP contribution >= 0.6 is 0 Å². The van der Waals surface area contributed by atoms with Gasteiger partial charge >= 0.3 is 5.97 Å². The van der Waals surface area contributed by atoms with E-state index in [0.29, 0.717) is 11.1 Å². The zero-order chi connectivity index (χ0) is 14.7. The zero-order valence-electron chi connectivity index (χ0n) is 11.4. The highest BCUT2D eigenvalue weighted by molar-refractivity contribution is 5.89. The normalized spacial score (nSPS) is 12.2. The number of rotatable bonds is 4. The maximum absolute atomic E-state index is 14.0. The molecule has 2 N–H and O–H groups in total. The standard InChI is InChI=1S/C16H16FNO2/c1-10(18-2)11-6-7-15(17)14(9-11)12-4-3-5-13(8-12)16(19)20/h3-10,18H,1-2H3,(H,19,20). The Hall–Kier alpha value is -2.20. The second kappa shape index (κ2) is 5.84. The van der Waals surface area contributed by atoms with E-state index in [-0.39, 0.29) is 17.4 Å². The number of halogens is 1. The molecule has 1 atom stereocenters. The highest BCUT2D eigenvalue weighted by Gasteiger charge is 2.11. The molecule has 0 fully saturated rings. The van der Waals surface area contributed by atoms with E-state index in [1.54, 1.807) is 24.3 Å². The summed E-state index contributed by atoms with van der Waals surface area (Å²) in [5.74, 6) is -1.38. The van der Waals surface area contributed by atoms with E-state index < -0.39 is 5.97 Å². The van der Waals surface area contributed by atoms with Crippen LogP contribution in [0.4, 0.5) is 4.39 Å². The Labute approximate surface area is 117 Å². The molecule has 0 bridgehead atoms. The second-order valence-electron chi connectivity index (χ2n) is 4.64. The highest BCUT2D eigenvalue weighted by Crippen LogP contribution is 2.27. The Bertz CT molecular complexity index is 640. The summed E-state index contributed by atoms with van der Waals surface area (Å²) in [6, 6.07) is 11.3. The van der Waals surface area contributed by atoms with Gasteiger partial charge in [0.25, 0.3) is 0 Å². The number of hydrogen-bond acceptors (Lipinski definition) is 2. The van der Waals surface area contributed by atoms with Crippen molar-refractivity contribution in [1.29, 1.82) is 0 Å². The van der Waals surface area contributed by atoms with Crippen molar-refractivity contribution in [3.8, 4) is 11.1 Å². The van der Waals surface area contributed by atoms with Crippen LogP contribution in [0, 0.1) is 5.82 Å². The summed E-state index contributed by atoms with van der Waals surface area (Å²) in [7, 11) is 1.83. The fourth-order valence-electron chi connectivity index (χ4n) is 2.02. The van der Waals surface area contributed by atoms with Crippen molar-refractivity contribution in [2.45, 2.75) is 13.0 Å². The topological polar surface area (TPSA) is 49.3 Å². The van der Waals surface area contributed by atoms with Crippen molar-refractivity contribution in [2.24, 2.45) is 0 Å². The molecule has 0 aliphatic carbocycles. The van der Waals surface area contributed by atoms with Crippen molar-refractivity contribution in [2.75, 3.05) is 7.05 Å². The molecule has 0 saturated heterocycles. The van der Waals surface area contributed by atoms with Gasteiger partial charge < -0.3 is 10.4 Å². The van der Waals surface area contributed by atoms with E-state index >= 15 is 0 Å². The lowest BCUT2D eigenvalue weighted by Gasteiger charge is -2.13. The highest BCUT2D eigenvalue weighted by atomic mass is 19.1. The van der Waals surface area contributed by atoms with Gasteiger partial charge in [0.2, 0.25) is 0 Å². The fourth-order valence-corrected chi connectivity index (χ4v) is 2.02. The van der Waals surface area contributed by atoms with Crippen molar-refractivity contribution in [1.82, 2.24) is 5.32 Å². The van der Waals surface area contributed by atoms with Crippen LogP contribution in [0.2, 0.25) is 0 Å². The van der Waals surface area contributed by atoms with E-state index in [1.807, 2.05) is 14.0 Å². The van der Waals surface area contributed by atoms with Crippen molar-refractivity contribution >= 4 is 5.97 Å². The predicted octanol–water partition coefficient (Wildman–Crippen LogP) is 3.47.